The lowest BCUT2D eigenvalue weighted by Crippen LogP contribution is -2.45. The topological polar surface area (TPSA) is 70.4 Å². The van der Waals surface area contributed by atoms with E-state index in [1.807, 2.05) is 6.07 Å². The molecule has 1 aliphatic heterocycles. The number of nitrogens with zero attached hydrogens (tertiary/aromatic N) is 2. The number of halogens is 2. The van der Waals surface area contributed by atoms with E-state index >= 15 is 0 Å². The Bertz CT molecular complexity index is 629. The van der Waals surface area contributed by atoms with Gasteiger partial charge < -0.3 is 4.74 Å². The van der Waals surface area contributed by atoms with E-state index in [-0.39, 0.29) is 29.1 Å². The minimum Gasteiger partial charge on any atom is -0.361 e. The SMILES string of the molecule is N#CC1CN(S(=O)(=O)c2ccc(Br)c(F)c2)CCO1. The van der Waals surface area contributed by atoms with Crippen LogP contribution in [-0.2, 0) is 14.8 Å². The Morgan fingerprint density at radius 1 is 1.53 bits per heavy atom. The molecular formula is C11H10BrFN2O3S. The van der Waals surface area contributed by atoms with E-state index in [0.717, 1.165) is 10.4 Å². The van der Waals surface area contributed by atoms with Crippen molar-refractivity contribution in [3.8, 4) is 6.07 Å². The van der Waals surface area contributed by atoms with Gasteiger partial charge in [0.05, 0.1) is 28.6 Å². The van der Waals surface area contributed by atoms with E-state index in [0.29, 0.717) is 0 Å². The van der Waals surface area contributed by atoms with Crippen LogP contribution in [0.25, 0.3) is 0 Å². The van der Waals surface area contributed by atoms with Crippen LogP contribution < -0.4 is 0 Å². The molecule has 0 amide bonds. The molecule has 0 bridgehead atoms. The Morgan fingerprint density at radius 3 is 2.89 bits per heavy atom. The van der Waals surface area contributed by atoms with Crippen molar-refractivity contribution in [1.82, 2.24) is 4.31 Å². The van der Waals surface area contributed by atoms with E-state index in [1.165, 1.54) is 12.1 Å². The molecule has 19 heavy (non-hydrogen) atoms. The van der Waals surface area contributed by atoms with Gasteiger partial charge in [0.25, 0.3) is 0 Å². The zero-order chi connectivity index (χ0) is 14.0. The van der Waals surface area contributed by atoms with E-state index in [1.54, 1.807) is 0 Å². The summed E-state index contributed by atoms with van der Waals surface area (Å²) in [5.74, 6) is -0.647. The zero-order valence-electron chi connectivity index (χ0n) is 9.71. The van der Waals surface area contributed by atoms with Gasteiger partial charge in [0.2, 0.25) is 10.0 Å². The first-order chi connectivity index (χ1) is 8.95. The van der Waals surface area contributed by atoms with Crippen molar-refractivity contribution < 1.29 is 17.5 Å². The Morgan fingerprint density at radius 2 is 2.26 bits per heavy atom. The van der Waals surface area contributed by atoms with Gasteiger partial charge in [-0.15, -0.1) is 0 Å². The molecule has 1 atom stereocenters. The first-order valence-electron chi connectivity index (χ1n) is 5.41. The van der Waals surface area contributed by atoms with Gasteiger partial charge >= 0.3 is 0 Å². The minimum absolute atomic E-state index is 0.0451. The quantitative estimate of drug-likeness (QED) is 0.811. The van der Waals surface area contributed by atoms with Crippen LogP contribution in [0.4, 0.5) is 4.39 Å². The lowest BCUT2D eigenvalue weighted by atomic mass is 10.3. The van der Waals surface area contributed by atoms with Crippen LogP contribution in [0.3, 0.4) is 0 Å². The minimum atomic E-state index is -3.80. The maximum atomic E-state index is 13.4. The summed E-state index contributed by atoms with van der Waals surface area (Å²) in [5.41, 5.74) is 0. The summed E-state index contributed by atoms with van der Waals surface area (Å²) >= 11 is 2.97. The van der Waals surface area contributed by atoms with E-state index in [9.17, 15) is 12.8 Å². The van der Waals surface area contributed by atoms with Crippen LogP contribution >= 0.6 is 15.9 Å². The van der Waals surface area contributed by atoms with Crippen molar-refractivity contribution in [2.24, 2.45) is 0 Å². The summed E-state index contributed by atoms with van der Waals surface area (Å²) < 4.78 is 44.4. The Labute approximate surface area is 118 Å². The standard InChI is InChI=1S/C11H10BrFN2O3S/c12-10-2-1-9(5-11(10)13)19(16,17)15-3-4-18-8(6-14)7-15/h1-2,5,8H,3-4,7H2. The number of morpholine rings is 1. The predicted molar refractivity (Wildman–Crippen MR) is 68.2 cm³/mol. The highest BCUT2D eigenvalue weighted by atomic mass is 79.9. The average molecular weight is 349 g/mol. The van der Waals surface area contributed by atoms with Gasteiger partial charge in [0.1, 0.15) is 5.82 Å². The molecule has 1 saturated heterocycles. The monoisotopic (exact) mass is 348 g/mol. The van der Waals surface area contributed by atoms with Crippen LogP contribution in [0.5, 0.6) is 0 Å². The molecule has 0 radical (unpaired) electrons. The summed E-state index contributed by atoms with van der Waals surface area (Å²) in [5, 5.41) is 8.76. The first-order valence-corrected chi connectivity index (χ1v) is 7.65. The second-order valence-corrected chi connectivity index (χ2v) is 6.72. The van der Waals surface area contributed by atoms with Crippen LogP contribution in [0.15, 0.2) is 27.6 Å². The third-order valence-corrected chi connectivity index (χ3v) is 5.21. The van der Waals surface area contributed by atoms with Gasteiger partial charge in [-0.25, -0.2) is 12.8 Å². The van der Waals surface area contributed by atoms with Gasteiger partial charge in [-0.3, -0.25) is 0 Å². The van der Waals surface area contributed by atoms with E-state index in [4.69, 9.17) is 10.00 Å². The first kappa shape index (κ1) is 14.4. The van der Waals surface area contributed by atoms with Crippen LogP contribution in [0, 0.1) is 17.1 Å². The van der Waals surface area contributed by atoms with E-state index in [2.05, 4.69) is 15.9 Å². The van der Waals surface area contributed by atoms with Gasteiger partial charge in [0, 0.05) is 6.54 Å². The van der Waals surface area contributed by atoms with Crippen molar-refractivity contribution in [3.05, 3.63) is 28.5 Å². The van der Waals surface area contributed by atoms with Crippen LogP contribution in [-0.4, -0.2) is 38.5 Å². The summed E-state index contributed by atoms with van der Waals surface area (Å²) in [6.07, 6.45) is -0.788. The van der Waals surface area contributed by atoms with Crippen LogP contribution in [0.1, 0.15) is 0 Å². The number of rotatable bonds is 2. The molecule has 8 heteroatoms. The molecule has 1 unspecified atom stereocenters. The highest BCUT2D eigenvalue weighted by molar-refractivity contribution is 9.10. The van der Waals surface area contributed by atoms with Gasteiger partial charge in [-0.2, -0.15) is 9.57 Å². The number of sulfonamides is 1. The Kier molecular flexibility index (Phi) is 4.20. The fourth-order valence-electron chi connectivity index (χ4n) is 1.71. The summed E-state index contributed by atoms with van der Waals surface area (Å²) in [6.45, 7) is 0.255. The predicted octanol–water partition coefficient (Wildman–Crippen LogP) is 1.50. The molecule has 1 aliphatic rings. The van der Waals surface area contributed by atoms with Crippen LogP contribution in [0.2, 0.25) is 0 Å². The van der Waals surface area contributed by atoms with Crippen molar-refractivity contribution in [2.45, 2.75) is 11.0 Å². The maximum Gasteiger partial charge on any atom is 0.243 e. The molecule has 102 valence electrons. The van der Waals surface area contributed by atoms with Crippen molar-refractivity contribution >= 4 is 26.0 Å². The highest BCUT2D eigenvalue weighted by Crippen LogP contribution is 2.23. The fraction of sp³-hybridized carbons (Fsp3) is 0.364. The van der Waals surface area contributed by atoms with Crippen molar-refractivity contribution in [2.75, 3.05) is 19.7 Å². The molecule has 5 nitrogen and oxygen atoms in total. The molecule has 1 aromatic carbocycles. The summed E-state index contributed by atoms with van der Waals surface area (Å²) in [6, 6.07) is 5.48. The molecule has 0 N–H and O–H groups in total. The molecule has 1 fully saturated rings. The largest absolute Gasteiger partial charge is 0.361 e. The summed E-state index contributed by atoms with van der Waals surface area (Å²) in [4.78, 5) is -0.133. The molecule has 0 saturated carbocycles. The molecule has 1 aromatic rings. The molecule has 0 aromatic heterocycles. The smallest absolute Gasteiger partial charge is 0.243 e. The average Bonchev–Trinajstić information content (AvgIpc) is 2.41. The lowest BCUT2D eigenvalue weighted by Gasteiger charge is -2.28. The second-order valence-electron chi connectivity index (χ2n) is 3.93. The van der Waals surface area contributed by atoms with E-state index < -0.39 is 21.9 Å². The maximum absolute atomic E-state index is 13.4. The molecule has 1 heterocycles. The van der Waals surface area contributed by atoms with Gasteiger partial charge in [0.15, 0.2) is 6.10 Å². The lowest BCUT2D eigenvalue weighted by molar-refractivity contribution is 0.0311. The Balaban J connectivity index is 2.31. The number of ether oxygens (including phenoxy) is 1. The fourth-order valence-corrected chi connectivity index (χ4v) is 3.39. The van der Waals surface area contributed by atoms with Gasteiger partial charge in [-0.1, -0.05) is 0 Å². The Hall–Kier alpha value is -1.01. The number of benzene rings is 1. The normalized spacial score (nSPS) is 21.0. The number of nitriles is 1. The van der Waals surface area contributed by atoms with Gasteiger partial charge in [-0.05, 0) is 34.1 Å². The highest BCUT2D eigenvalue weighted by Gasteiger charge is 2.31. The molecule has 0 spiro atoms. The molecule has 2 rings (SSSR count). The second kappa shape index (κ2) is 5.54. The number of hydrogen-bond acceptors (Lipinski definition) is 4. The van der Waals surface area contributed by atoms with Crippen molar-refractivity contribution in [3.63, 3.8) is 0 Å². The third-order valence-electron chi connectivity index (χ3n) is 2.70. The molecular weight excluding hydrogens is 339 g/mol. The third kappa shape index (κ3) is 2.95. The van der Waals surface area contributed by atoms with Crippen molar-refractivity contribution in [1.29, 1.82) is 5.26 Å². The number of hydrogen-bond donors (Lipinski definition) is 0. The molecule has 0 aliphatic carbocycles. The summed E-state index contributed by atoms with van der Waals surface area (Å²) in [7, 11) is -3.80. The zero-order valence-corrected chi connectivity index (χ0v) is 12.1.